The minimum Gasteiger partial charge on any atom is -0.465 e. The predicted octanol–water partition coefficient (Wildman–Crippen LogP) is 3.90. The van der Waals surface area contributed by atoms with Crippen molar-refractivity contribution in [1.82, 2.24) is 0 Å². The summed E-state index contributed by atoms with van der Waals surface area (Å²) in [6.07, 6.45) is 8.77. The fraction of sp³-hybridized carbons (Fsp3) is 0.882. The molecule has 0 aromatic heterocycles. The standard InChI is InChI=1S/C17H28O3/c1-3-13-8-10-14(11-9-13)17(16(19)20-4-2)12-6-5-7-15(17)18/h13-14H,3-12H2,1-2H3. The Balaban J connectivity index is 2.18. The Labute approximate surface area is 122 Å². The molecular formula is C17H28O3. The Bertz CT molecular complexity index is 355. The number of hydrogen-bond donors (Lipinski definition) is 0. The molecule has 2 saturated carbocycles. The van der Waals surface area contributed by atoms with Crippen LogP contribution in [0.3, 0.4) is 0 Å². The van der Waals surface area contributed by atoms with Gasteiger partial charge >= 0.3 is 5.97 Å². The van der Waals surface area contributed by atoms with Gasteiger partial charge in [-0.2, -0.15) is 0 Å². The molecule has 2 fully saturated rings. The van der Waals surface area contributed by atoms with Crippen molar-refractivity contribution in [3.63, 3.8) is 0 Å². The van der Waals surface area contributed by atoms with E-state index in [0.717, 1.165) is 44.4 Å². The molecule has 114 valence electrons. The van der Waals surface area contributed by atoms with Gasteiger partial charge in [-0.15, -0.1) is 0 Å². The van der Waals surface area contributed by atoms with Crippen LogP contribution in [0.15, 0.2) is 0 Å². The molecule has 0 N–H and O–H groups in total. The van der Waals surface area contributed by atoms with Crippen molar-refractivity contribution in [1.29, 1.82) is 0 Å². The highest BCUT2D eigenvalue weighted by atomic mass is 16.5. The minimum atomic E-state index is -0.799. The van der Waals surface area contributed by atoms with Crippen molar-refractivity contribution in [2.75, 3.05) is 6.61 Å². The van der Waals surface area contributed by atoms with Crippen LogP contribution in [-0.4, -0.2) is 18.4 Å². The van der Waals surface area contributed by atoms with Gasteiger partial charge in [-0.1, -0.05) is 32.6 Å². The van der Waals surface area contributed by atoms with Gasteiger partial charge in [0.1, 0.15) is 11.2 Å². The first-order valence-corrected chi connectivity index (χ1v) is 8.35. The Hall–Kier alpha value is -0.860. The highest BCUT2D eigenvalue weighted by molar-refractivity contribution is 6.04. The van der Waals surface area contributed by atoms with Gasteiger partial charge < -0.3 is 4.74 Å². The number of ketones is 1. The van der Waals surface area contributed by atoms with E-state index in [1.807, 2.05) is 6.92 Å². The van der Waals surface area contributed by atoms with E-state index in [4.69, 9.17) is 4.74 Å². The summed E-state index contributed by atoms with van der Waals surface area (Å²) >= 11 is 0. The second-order valence-corrected chi connectivity index (χ2v) is 6.45. The molecule has 0 amide bonds. The van der Waals surface area contributed by atoms with Gasteiger partial charge in [0.05, 0.1) is 6.61 Å². The van der Waals surface area contributed by atoms with Gasteiger partial charge in [0.25, 0.3) is 0 Å². The van der Waals surface area contributed by atoms with Crippen molar-refractivity contribution in [3.8, 4) is 0 Å². The van der Waals surface area contributed by atoms with E-state index in [-0.39, 0.29) is 17.7 Å². The second kappa shape index (κ2) is 6.73. The van der Waals surface area contributed by atoms with Gasteiger partial charge in [-0.3, -0.25) is 9.59 Å². The third-order valence-corrected chi connectivity index (χ3v) is 5.48. The SMILES string of the molecule is CCOC(=O)C1(C2CCC(CC)CC2)CCCCC1=O. The molecule has 3 nitrogen and oxygen atoms in total. The molecule has 0 radical (unpaired) electrons. The van der Waals surface area contributed by atoms with Gasteiger partial charge in [0.2, 0.25) is 0 Å². The van der Waals surface area contributed by atoms with Crippen LogP contribution in [0, 0.1) is 17.3 Å². The van der Waals surface area contributed by atoms with E-state index in [1.165, 1.54) is 6.42 Å². The minimum absolute atomic E-state index is 0.155. The molecule has 0 bridgehead atoms. The van der Waals surface area contributed by atoms with Crippen molar-refractivity contribution < 1.29 is 14.3 Å². The number of rotatable bonds is 4. The molecule has 20 heavy (non-hydrogen) atoms. The first kappa shape index (κ1) is 15.5. The predicted molar refractivity (Wildman–Crippen MR) is 78.3 cm³/mol. The van der Waals surface area contributed by atoms with Crippen LogP contribution in [0.5, 0.6) is 0 Å². The lowest BCUT2D eigenvalue weighted by atomic mass is 9.60. The zero-order valence-electron chi connectivity index (χ0n) is 13.0. The number of carbonyl (C=O) groups is 2. The Kier molecular flexibility index (Phi) is 5.22. The van der Waals surface area contributed by atoms with Crippen LogP contribution in [0.2, 0.25) is 0 Å². The summed E-state index contributed by atoms with van der Waals surface area (Å²) in [7, 11) is 0. The molecule has 0 aromatic rings. The summed E-state index contributed by atoms with van der Waals surface area (Å²) in [5.41, 5.74) is -0.799. The Morgan fingerprint density at radius 2 is 1.90 bits per heavy atom. The number of esters is 1. The fourth-order valence-corrected chi connectivity index (χ4v) is 4.19. The van der Waals surface area contributed by atoms with E-state index in [1.54, 1.807) is 0 Å². The van der Waals surface area contributed by atoms with Crippen LogP contribution < -0.4 is 0 Å². The largest absolute Gasteiger partial charge is 0.465 e. The molecule has 0 spiro atoms. The second-order valence-electron chi connectivity index (χ2n) is 6.45. The fourth-order valence-electron chi connectivity index (χ4n) is 4.19. The lowest BCUT2D eigenvalue weighted by molar-refractivity contribution is -0.168. The zero-order valence-corrected chi connectivity index (χ0v) is 13.0. The van der Waals surface area contributed by atoms with Crippen LogP contribution >= 0.6 is 0 Å². The number of hydrogen-bond acceptors (Lipinski definition) is 3. The van der Waals surface area contributed by atoms with E-state index in [0.29, 0.717) is 19.4 Å². The lowest BCUT2D eigenvalue weighted by Crippen LogP contribution is -2.49. The third-order valence-electron chi connectivity index (χ3n) is 5.48. The number of carbonyl (C=O) groups excluding carboxylic acids is 2. The van der Waals surface area contributed by atoms with Gasteiger partial charge in [0, 0.05) is 6.42 Å². The monoisotopic (exact) mass is 280 g/mol. The van der Waals surface area contributed by atoms with E-state index < -0.39 is 5.41 Å². The Morgan fingerprint density at radius 1 is 1.20 bits per heavy atom. The zero-order chi connectivity index (χ0) is 14.6. The van der Waals surface area contributed by atoms with Gasteiger partial charge in [0.15, 0.2) is 0 Å². The maximum Gasteiger partial charge on any atom is 0.319 e. The van der Waals surface area contributed by atoms with Crippen LogP contribution in [-0.2, 0) is 14.3 Å². The molecule has 3 heteroatoms. The molecule has 0 aliphatic heterocycles. The van der Waals surface area contributed by atoms with Crippen molar-refractivity contribution in [2.24, 2.45) is 17.3 Å². The molecule has 0 heterocycles. The van der Waals surface area contributed by atoms with Crippen LogP contribution in [0.1, 0.15) is 71.6 Å². The quantitative estimate of drug-likeness (QED) is 0.579. The molecule has 2 aliphatic carbocycles. The molecule has 1 unspecified atom stereocenters. The Morgan fingerprint density at radius 3 is 2.45 bits per heavy atom. The first-order chi connectivity index (χ1) is 9.65. The molecule has 0 saturated heterocycles. The number of ether oxygens (including phenoxy) is 1. The van der Waals surface area contributed by atoms with Crippen LogP contribution in [0.4, 0.5) is 0 Å². The summed E-state index contributed by atoms with van der Waals surface area (Å²) in [4.78, 5) is 25.1. The average molecular weight is 280 g/mol. The van der Waals surface area contributed by atoms with Crippen molar-refractivity contribution in [3.05, 3.63) is 0 Å². The summed E-state index contributed by atoms with van der Waals surface area (Å²) in [5, 5.41) is 0. The third kappa shape index (κ3) is 2.77. The summed E-state index contributed by atoms with van der Waals surface area (Å²) < 4.78 is 5.30. The molecular weight excluding hydrogens is 252 g/mol. The van der Waals surface area contributed by atoms with Crippen molar-refractivity contribution in [2.45, 2.75) is 71.6 Å². The molecule has 2 aliphatic rings. The van der Waals surface area contributed by atoms with E-state index in [9.17, 15) is 9.59 Å². The van der Waals surface area contributed by atoms with Gasteiger partial charge in [-0.05, 0) is 44.4 Å². The highest BCUT2D eigenvalue weighted by Gasteiger charge is 2.53. The molecule has 2 rings (SSSR count). The number of Topliss-reactive ketones (excluding diaryl/α,β-unsaturated/α-hetero) is 1. The summed E-state index contributed by atoms with van der Waals surface area (Å²) in [6.45, 7) is 4.43. The van der Waals surface area contributed by atoms with Crippen molar-refractivity contribution >= 4 is 11.8 Å². The lowest BCUT2D eigenvalue weighted by Gasteiger charge is -2.42. The van der Waals surface area contributed by atoms with Gasteiger partial charge in [-0.25, -0.2) is 0 Å². The topological polar surface area (TPSA) is 43.4 Å². The first-order valence-electron chi connectivity index (χ1n) is 8.35. The van der Waals surface area contributed by atoms with E-state index in [2.05, 4.69) is 6.92 Å². The molecule has 0 aromatic carbocycles. The maximum atomic E-state index is 12.6. The highest BCUT2D eigenvalue weighted by Crippen LogP contribution is 2.48. The smallest absolute Gasteiger partial charge is 0.319 e. The van der Waals surface area contributed by atoms with Crippen LogP contribution in [0.25, 0.3) is 0 Å². The summed E-state index contributed by atoms with van der Waals surface area (Å²) in [5.74, 6) is 0.924. The summed E-state index contributed by atoms with van der Waals surface area (Å²) in [6, 6.07) is 0. The van der Waals surface area contributed by atoms with E-state index >= 15 is 0 Å². The average Bonchev–Trinajstić information content (AvgIpc) is 2.48. The maximum absolute atomic E-state index is 12.6. The normalized spacial score (nSPS) is 34.8. The molecule has 1 atom stereocenters.